The van der Waals surface area contributed by atoms with Crippen LogP contribution >= 0.6 is 0 Å². The number of phenolic OH excluding ortho intramolecular Hbond substituents is 1. The Morgan fingerprint density at radius 3 is 2.41 bits per heavy atom. The molecule has 3 aliphatic rings. The van der Waals surface area contributed by atoms with Crippen molar-refractivity contribution in [2.24, 2.45) is 17.3 Å². The van der Waals surface area contributed by atoms with Crippen LogP contribution in [0.4, 0.5) is 13.2 Å². The monoisotopic (exact) mass is 605 g/mol. The van der Waals surface area contributed by atoms with E-state index >= 15 is 0 Å². The second kappa shape index (κ2) is 12.9. The number of ether oxygens (including phenoxy) is 1. The number of terminal acetylenes is 1. The molecular formula is C37H42F3NO3. The molecule has 1 unspecified atom stereocenters. The van der Waals surface area contributed by atoms with Crippen molar-refractivity contribution in [3.63, 3.8) is 0 Å². The van der Waals surface area contributed by atoms with Crippen molar-refractivity contribution in [2.75, 3.05) is 13.6 Å². The summed E-state index contributed by atoms with van der Waals surface area (Å²) in [5, 5.41) is 23.7. The van der Waals surface area contributed by atoms with E-state index in [2.05, 4.69) is 24.2 Å². The van der Waals surface area contributed by atoms with Gasteiger partial charge in [-0.25, -0.2) is 0 Å². The lowest BCUT2D eigenvalue weighted by molar-refractivity contribution is -0.137. The normalized spacial score (nSPS) is 27.9. The predicted octanol–water partition coefficient (Wildman–Crippen LogP) is 8.05. The largest absolute Gasteiger partial charge is 0.508 e. The van der Waals surface area contributed by atoms with Crippen LogP contribution in [0, 0.1) is 29.6 Å². The van der Waals surface area contributed by atoms with Crippen molar-refractivity contribution in [3.05, 3.63) is 95.1 Å². The molecule has 0 heterocycles. The van der Waals surface area contributed by atoms with Crippen LogP contribution in [0.3, 0.4) is 0 Å². The fourth-order valence-corrected chi connectivity index (χ4v) is 7.95. The van der Waals surface area contributed by atoms with E-state index in [1.807, 2.05) is 49.5 Å². The summed E-state index contributed by atoms with van der Waals surface area (Å²) in [6.45, 7) is 2.97. The minimum absolute atomic E-state index is 0.128. The number of hydrogen-bond donors (Lipinski definition) is 3. The highest BCUT2D eigenvalue weighted by Gasteiger charge is 2.61. The van der Waals surface area contributed by atoms with Crippen molar-refractivity contribution >= 4 is 0 Å². The van der Waals surface area contributed by atoms with Gasteiger partial charge in [-0.1, -0.05) is 49.2 Å². The molecule has 0 amide bonds. The van der Waals surface area contributed by atoms with Crippen LogP contribution in [0.2, 0.25) is 0 Å². The van der Waals surface area contributed by atoms with Gasteiger partial charge < -0.3 is 20.3 Å². The third-order valence-corrected chi connectivity index (χ3v) is 10.4. The summed E-state index contributed by atoms with van der Waals surface area (Å²) in [5.41, 5.74) is 2.01. The van der Waals surface area contributed by atoms with Gasteiger partial charge in [-0.3, -0.25) is 0 Å². The molecule has 2 fully saturated rings. The molecule has 6 atom stereocenters. The minimum Gasteiger partial charge on any atom is -0.508 e. The zero-order valence-electron chi connectivity index (χ0n) is 25.4. The number of phenols is 1. The van der Waals surface area contributed by atoms with Crippen molar-refractivity contribution in [3.8, 4) is 23.8 Å². The van der Waals surface area contributed by atoms with Crippen LogP contribution < -0.4 is 10.1 Å². The number of aryl methyl sites for hydroxylation is 1. The summed E-state index contributed by atoms with van der Waals surface area (Å²) in [6.07, 6.45) is 7.96. The molecular weight excluding hydrogens is 563 g/mol. The molecule has 3 aliphatic carbocycles. The van der Waals surface area contributed by atoms with Gasteiger partial charge in [0.1, 0.15) is 23.2 Å². The van der Waals surface area contributed by atoms with Gasteiger partial charge in [-0.05, 0) is 123 Å². The first-order valence-corrected chi connectivity index (χ1v) is 15.5. The Morgan fingerprint density at radius 2 is 1.75 bits per heavy atom. The van der Waals surface area contributed by atoms with Gasteiger partial charge in [0.15, 0.2) is 0 Å². The van der Waals surface area contributed by atoms with Crippen molar-refractivity contribution in [2.45, 2.75) is 75.7 Å². The number of hydrogen-bond acceptors (Lipinski definition) is 4. The fourth-order valence-electron chi connectivity index (χ4n) is 7.95. The molecule has 0 radical (unpaired) electrons. The highest BCUT2D eigenvalue weighted by atomic mass is 19.4. The van der Waals surface area contributed by atoms with Crippen molar-refractivity contribution in [1.29, 1.82) is 0 Å². The van der Waals surface area contributed by atoms with E-state index in [9.17, 15) is 23.4 Å². The van der Waals surface area contributed by atoms with Crippen LogP contribution in [-0.4, -0.2) is 29.4 Å². The molecule has 7 heteroatoms. The molecule has 234 valence electrons. The predicted molar refractivity (Wildman–Crippen MR) is 166 cm³/mol. The first kappa shape index (κ1) is 31.9. The Kier molecular flexibility index (Phi) is 9.34. The van der Waals surface area contributed by atoms with Gasteiger partial charge in [0, 0.05) is 11.8 Å². The Morgan fingerprint density at radius 1 is 1.02 bits per heavy atom. The molecule has 44 heavy (non-hydrogen) atoms. The number of alkyl halides is 3. The average Bonchev–Trinajstić information content (AvgIpc) is 3.30. The molecule has 6 rings (SSSR count). The highest BCUT2D eigenvalue weighted by molar-refractivity contribution is 5.40. The van der Waals surface area contributed by atoms with E-state index < -0.39 is 17.3 Å². The quantitative estimate of drug-likeness (QED) is 0.249. The van der Waals surface area contributed by atoms with E-state index in [0.717, 1.165) is 69.2 Å². The molecule has 3 aromatic carbocycles. The van der Waals surface area contributed by atoms with E-state index in [1.54, 1.807) is 0 Å². The van der Waals surface area contributed by atoms with Gasteiger partial charge in [-0.15, -0.1) is 6.42 Å². The second-order valence-electron chi connectivity index (χ2n) is 12.7. The molecule has 2 saturated carbocycles. The van der Waals surface area contributed by atoms with Gasteiger partial charge >= 0.3 is 6.18 Å². The molecule has 0 spiro atoms. The maximum absolute atomic E-state index is 12.6. The molecule has 3 N–H and O–H groups in total. The lowest BCUT2D eigenvalue weighted by Crippen LogP contribution is -2.50. The first-order valence-electron chi connectivity index (χ1n) is 15.5. The Hall–Kier alpha value is -3.47. The SMILES string of the molecule is C#C[C@]1(O)CC[C@H]2[C@@H]3CCc4cc(O)ccc4[C@H]3CC[C@@]21C.CNCCC(Oc1ccc(C(F)(F)F)cc1)c1ccccc1. The topological polar surface area (TPSA) is 61.7 Å². The summed E-state index contributed by atoms with van der Waals surface area (Å²) >= 11 is 0. The lowest BCUT2D eigenvalue weighted by atomic mass is 9.53. The van der Waals surface area contributed by atoms with Gasteiger partial charge in [-0.2, -0.15) is 13.2 Å². The molecule has 3 aromatic rings. The number of rotatable bonds is 6. The molecule has 0 aromatic heterocycles. The second-order valence-corrected chi connectivity index (χ2v) is 12.7. The zero-order valence-corrected chi connectivity index (χ0v) is 25.4. The van der Waals surface area contributed by atoms with E-state index in [1.165, 1.54) is 23.3 Å². The zero-order chi connectivity index (χ0) is 31.5. The van der Waals surface area contributed by atoms with Gasteiger partial charge in [0.2, 0.25) is 0 Å². The molecule has 0 aliphatic heterocycles. The molecule has 0 saturated heterocycles. The summed E-state index contributed by atoms with van der Waals surface area (Å²) in [4.78, 5) is 0. The molecule has 4 nitrogen and oxygen atoms in total. The average molecular weight is 606 g/mol. The van der Waals surface area contributed by atoms with Crippen LogP contribution in [-0.2, 0) is 12.6 Å². The van der Waals surface area contributed by atoms with E-state index in [0.29, 0.717) is 29.3 Å². The van der Waals surface area contributed by atoms with Crippen LogP contribution in [0.1, 0.15) is 79.7 Å². The summed E-state index contributed by atoms with van der Waals surface area (Å²) in [7, 11) is 1.85. The van der Waals surface area contributed by atoms with Crippen LogP contribution in [0.25, 0.3) is 0 Å². The maximum Gasteiger partial charge on any atom is 0.416 e. The van der Waals surface area contributed by atoms with Crippen molar-refractivity contribution < 1.29 is 28.1 Å². The number of aliphatic hydroxyl groups is 1. The Balaban J connectivity index is 0.000000175. The highest BCUT2D eigenvalue weighted by Crippen LogP contribution is 2.64. The summed E-state index contributed by atoms with van der Waals surface area (Å²) in [5.74, 6) is 5.25. The van der Waals surface area contributed by atoms with E-state index in [4.69, 9.17) is 11.2 Å². The third-order valence-electron chi connectivity index (χ3n) is 10.4. The fraction of sp³-hybridized carbons (Fsp3) is 0.459. The Labute approximate surface area is 258 Å². The van der Waals surface area contributed by atoms with E-state index in [-0.39, 0.29) is 11.5 Å². The smallest absolute Gasteiger partial charge is 0.416 e. The Bertz CT molecular complexity index is 1450. The first-order chi connectivity index (χ1) is 21.0. The van der Waals surface area contributed by atoms with Gasteiger partial charge in [0.05, 0.1) is 5.56 Å². The number of aromatic hydroxyl groups is 1. The number of benzene rings is 3. The molecule has 0 bridgehead atoms. The summed E-state index contributed by atoms with van der Waals surface area (Å²) in [6, 6.07) is 20.3. The number of fused-ring (bicyclic) bond motifs is 5. The standard InChI is InChI=1S/C20H24O2.C17H18F3NO/c1-3-20(22)11-9-18-17-6-4-13-12-14(21)5-7-15(13)16(17)8-10-19(18,20)2;1-21-12-11-16(13-5-3-2-4-6-13)22-15-9-7-14(8-10-15)17(18,19)20/h1,5,7,12,16-18,21-22H,4,6,8-11H2,2H3;2-10,16,21H,11-12H2,1H3/t16-,17-,18+,19+,20+;/m1./s1. The summed E-state index contributed by atoms with van der Waals surface area (Å²) < 4.78 is 43.6. The number of halogens is 3. The third kappa shape index (κ3) is 6.34. The van der Waals surface area contributed by atoms with Crippen LogP contribution in [0.5, 0.6) is 11.5 Å². The maximum atomic E-state index is 12.6. The number of nitrogens with one attached hydrogen (secondary N) is 1. The minimum atomic E-state index is -4.33. The van der Waals surface area contributed by atoms with Crippen molar-refractivity contribution in [1.82, 2.24) is 5.32 Å². The van der Waals surface area contributed by atoms with Gasteiger partial charge in [0.25, 0.3) is 0 Å². The lowest BCUT2D eigenvalue weighted by Gasteiger charge is -2.52. The van der Waals surface area contributed by atoms with Crippen LogP contribution in [0.15, 0.2) is 72.8 Å².